The third kappa shape index (κ3) is 6.79. The second kappa shape index (κ2) is 11.9. The minimum absolute atomic E-state index is 0.00446. The first-order chi connectivity index (χ1) is 18.1. The fraction of sp³-hybridized carbons (Fsp3) is 0.519. The predicted octanol–water partition coefficient (Wildman–Crippen LogP) is 5.44. The van der Waals surface area contributed by atoms with Crippen LogP contribution in [0.5, 0.6) is 11.5 Å². The smallest absolute Gasteiger partial charge is 0.416 e. The summed E-state index contributed by atoms with van der Waals surface area (Å²) in [5, 5.41) is 0. The van der Waals surface area contributed by atoms with Crippen LogP contribution in [0.4, 0.5) is 13.2 Å². The van der Waals surface area contributed by atoms with E-state index in [9.17, 15) is 26.4 Å². The second-order valence-electron chi connectivity index (χ2n) is 9.73. The van der Waals surface area contributed by atoms with E-state index >= 15 is 0 Å². The van der Waals surface area contributed by atoms with Gasteiger partial charge in [0.15, 0.2) is 0 Å². The summed E-state index contributed by atoms with van der Waals surface area (Å²) in [6.07, 6.45) is 1.14. The Morgan fingerprint density at radius 1 is 0.947 bits per heavy atom. The number of methoxy groups -OCH3 is 1. The number of hydrogen-bond acceptors (Lipinski definition) is 6. The number of rotatable bonds is 8. The minimum Gasteiger partial charge on any atom is -0.493 e. The van der Waals surface area contributed by atoms with Gasteiger partial charge in [0.1, 0.15) is 23.6 Å². The SMILES string of the molecule is COC(=O)[C@@H]1C[C@H](Oc2ccc(C(F)(F)F)cc2)CCN1S(=O)(=O)c1ccc(OCC2CCCCC2)cc1. The van der Waals surface area contributed by atoms with Crippen molar-refractivity contribution in [2.75, 3.05) is 20.3 Å². The molecule has 1 heterocycles. The molecule has 7 nitrogen and oxygen atoms in total. The fourth-order valence-electron chi connectivity index (χ4n) is 4.98. The van der Waals surface area contributed by atoms with Crippen LogP contribution in [0.3, 0.4) is 0 Å². The molecule has 1 aliphatic carbocycles. The second-order valence-corrected chi connectivity index (χ2v) is 11.6. The standard InChI is InChI=1S/C27H32F3NO6S/c1-35-26(32)25-17-23(37-22-9-7-20(8-10-22)27(28,29)30)15-16-31(25)38(33,34)24-13-11-21(12-14-24)36-18-19-5-3-2-4-6-19/h7-14,19,23,25H,2-6,15-18H2,1H3/t23-,25+/m1/s1. The number of piperidine rings is 1. The zero-order valence-electron chi connectivity index (χ0n) is 21.2. The molecule has 1 saturated heterocycles. The Labute approximate surface area is 220 Å². The van der Waals surface area contributed by atoms with Gasteiger partial charge in [-0.25, -0.2) is 8.42 Å². The van der Waals surface area contributed by atoms with Crippen molar-refractivity contribution in [2.24, 2.45) is 5.92 Å². The maximum Gasteiger partial charge on any atom is 0.416 e. The largest absolute Gasteiger partial charge is 0.493 e. The minimum atomic E-state index is -4.46. The fourth-order valence-corrected chi connectivity index (χ4v) is 6.59. The Hall–Kier alpha value is -2.79. The number of hydrogen-bond donors (Lipinski definition) is 0. The van der Waals surface area contributed by atoms with Gasteiger partial charge in [0, 0.05) is 13.0 Å². The van der Waals surface area contributed by atoms with Crippen molar-refractivity contribution >= 4 is 16.0 Å². The first-order valence-corrected chi connectivity index (χ1v) is 14.2. The molecular formula is C27H32F3NO6S. The maximum absolute atomic E-state index is 13.5. The van der Waals surface area contributed by atoms with Crippen LogP contribution in [-0.2, 0) is 25.7 Å². The average Bonchev–Trinajstić information content (AvgIpc) is 2.92. The number of nitrogens with zero attached hydrogens (tertiary/aromatic N) is 1. The molecule has 4 rings (SSSR count). The highest BCUT2D eigenvalue weighted by Gasteiger charge is 2.42. The van der Waals surface area contributed by atoms with Crippen LogP contribution in [0.25, 0.3) is 0 Å². The molecule has 1 saturated carbocycles. The summed E-state index contributed by atoms with van der Waals surface area (Å²) in [7, 11) is -2.87. The number of halogens is 3. The van der Waals surface area contributed by atoms with Crippen molar-refractivity contribution in [1.29, 1.82) is 0 Å². The van der Waals surface area contributed by atoms with Crippen LogP contribution in [-0.4, -0.2) is 51.1 Å². The van der Waals surface area contributed by atoms with Gasteiger partial charge in [-0.3, -0.25) is 4.79 Å². The van der Waals surface area contributed by atoms with Gasteiger partial charge in [-0.15, -0.1) is 0 Å². The Morgan fingerprint density at radius 3 is 2.18 bits per heavy atom. The molecule has 2 aliphatic rings. The molecule has 2 aromatic rings. The van der Waals surface area contributed by atoms with E-state index in [0.29, 0.717) is 18.3 Å². The zero-order valence-corrected chi connectivity index (χ0v) is 22.0. The molecule has 0 radical (unpaired) electrons. The number of ether oxygens (including phenoxy) is 3. The summed E-state index contributed by atoms with van der Waals surface area (Å²) in [6.45, 7) is 0.580. The number of carbonyl (C=O) groups is 1. The summed E-state index contributed by atoms with van der Waals surface area (Å²) in [5.74, 6) is 0.565. The molecule has 0 amide bonds. The summed E-state index contributed by atoms with van der Waals surface area (Å²) < 4.78 is 83.0. The third-order valence-electron chi connectivity index (χ3n) is 7.10. The van der Waals surface area contributed by atoms with Gasteiger partial charge >= 0.3 is 12.1 Å². The molecule has 2 aromatic carbocycles. The normalized spacial score (nSPS) is 21.6. The van der Waals surface area contributed by atoms with Gasteiger partial charge in [-0.1, -0.05) is 19.3 Å². The molecule has 208 valence electrons. The summed E-state index contributed by atoms with van der Waals surface area (Å²) in [4.78, 5) is 12.6. The van der Waals surface area contributed by atoms with Crippen LogP contribution in [0.15, 0.2) is 53.4 Å². The molecule has 2 atom stereocenters. The quantitative estimate of drug-likeness (QED) is 0.404. The van der Waals surface area contributed by atoms with Crippen LogP contribution < -0.4 is 9.47 Å². The van der Waals surface area contributed by atoms with Crippen molar-refractivity contribution in [1.82, 2.24) is 4.31 Å². The lowest BCUT2D eigenvalue weighted by Crippen LogP contribution is -2.52. The van der Waals surface area contributed by atoms with E-state index in [1.807, 2.05) is 0 Å². The zero-order chi connectivity index (χ0) is 27.3. The van der Waals surface area contributed by atoms with Crippen LogP contribution in [0.1, 0.15) is 50.5 Å². The Balaban J connectivity index is 1.42. The van der Waals surface area contributed by atoms with Crippen LogP contribution in [0, 0.1) is 5.92 Å². The number of carbonyl (C=O) groups excluding carboxylic acids is 1. The molecule has 2 fully saturated rings. The lowest BCUT2D eigenvalue weighted by atomic mass is 9.90. The van der Waals surface area contributed by atoms with Gasteiger partial charge in [-0.05, 0) is 73.7 Å². The highest BCUT2D eigenvalue weighted by atomic mass is 32.2. The Kier molecular flexibility index (Phi) is 8.87. The van der Waals surface area contributed by atoms with Gasteiger partial charge in [-0.2, -0.15) is 17.5 Å². The Bertz CT molecular complexity index is 1180. The lowest BCUT2D eigenvalue weighted by Gasteiger charge is -2.36. The van der Waals surface area contributed by atoms with Crippen LogP contribution >= 0.6 is 0 Å². The van der Waals surface area contributed by atoms with E-state index in [4.69, 9.17) is 14.2 Å². The molecule has 0 spiro atoms. The monoisotopic (exact) mass is 555 g/mol. The van der Waals surface area contributed by atoms with Crippen molar-refractivity contribution in [3.63, 3.8) is 0 Å². The molecule has 0 unspecified atom stereocenters. The van der Waals surface area contributed by atoms with E-state index in [-0.39, 0.29) is 30.0 Å². The van der Waals surface area contributed by atoms with Crippen molar-refractivity contribution in [3.05, 3.63) is 54.1 Å². The molecule has 0 bridgehead atoms. The lowest BCUT2D eigenvalue weighted by molar-refractivity contribution is -0.147. The molecule has 1 aliphatic heterocycles. The van der Waals surface area contributed by atoms with Gasteiger partial charge in [0.2, 0.25) is 10.0 Å². The molecule has 0 N–H and O–H groups in total. The number of benzene rings is 2. The Morgan fingerprint density at radius 2 is 1.58 bits per heavy atom. The predicted molar refractivity (Wildman–Crippen MR) is 133 cm³/mol. The number of esters is 1. The molecular weight excluding hydrogens is 523 g/mol. The number of sulfonamides is 1. The first-order valence-electron chi connectivity index (χ1n) is 12.7. The third-order valence-corrected chi connectivity index (χ3v) is 9.03. The summed E-state index contributed by atoms with van der Waals surface area (Å²) in [5.41, 5.74) is -0.802. The molecule has 38 heavy (non-hydrogen) atoms. The average molecular weight is 556 g/mol. The highest BCUT2D eigenvalue weighted by Crippen LogP contribution is 2.33. The van der Waals surface area contributed by atoms with Gasteiger partial charge < -0.3 is 14.2 Å². The van der Waals surface area contributed by atoms with E-state index in [1.54, 1.807) is 12.1 Å². The van der Waals surface area contributed by atoms with Crippen molar-refractivity contribution in [3.8, 4) is 11.5 Å². The maximum atomic E-state index is 13.5. The molecule has 11 heteroatoms. The van der Waals surface area contributed by atoms with E-state index < -0.39 is 39.9 Å². The number of alkyl halides is 3. The highest BCUT2D eigenvalue weighted by molar-refractivity contribution is 7.89. The van der Waals surface area contributed by atoms with Gasteiger partial charge in [0.25, 0.3) is 0 Å². The molecule has 0 aromatic heterocycles. The van der Waals surface area contributed by atoms with Crippen LogP contribution in [0.2, 0.25) is 0 Å². The van der Waals surface area contributed by atoms with Crippen molar-refractivity contribution < 1.29 is 40.6 Å². The van der Waals surface area contributed by atoms with Gasteiger partial charge in [0.05, 0.1) is 24.2 Å². The van der Waals surface area contributed by atoms with E-state index in [1.165, 1.54) is 50.6 Å². The van der Waals surface area contributed by atoms with Crippen molar-refractivity contribution in [2.45, 2.75) is 68.2 Å². The first kappa shape index (κ1) is 28.2. The summed E-state index contributed by atoms with van der Waals surface area (Å²) in [6, 6.07) is 9.25. The topological polar surface area (TPSA) is 82.1 Å². The van der Waals surface area contributed by atoms with E-state index in [0.717, 1.165) is 29.3 Å². The summed E-state index contributed by atoms with van der Waals surface area (Å²) >= 11 is 0. The van der Waals surface area contributed by atoms with E-state index in [2.05, 4.69) is 0 Å².